The van der Waals surface area contributed by atoms with Crippen molar-refractivity contribution in [3.63, 3.8) is 0 Å². The molecule has 0 saturated carbocycles. The van der Waals surface area contributed by atoms with Gasteiger partial charge in [-0.25, -0.2) is 4.68 Å². The molecule has 2 aromatic carbocycles. The van der Waals surface area contributed by atoms with Crippen LogP contribution in [0, 0.1) is 25.2 Å². The van der Waals surface area contributed by atoms with Gasteiger partial charge in [0.25, 0.3) is 0 Å². The first kappa shape index (κ1) is 19.8. The van der Waals surface area contributed by atoms with Gasteiger partial charge < -0.3 is 4.74 Å². The summed E-state index contributed by atoms with van der Waals surface area (Å²) in [4.78, 5) is 0. The summed E-state index contributed by atoms with van der Waals surface area (Å²) < 4.78 is 45.2. The van der Waals surface area contributed by atoms with Crippen molar-refractivity contribution in [2.45, 2.75) is 26.6 Å². The van der Waals surface area contributed by atoms with Gasteiger partial charge in [0, 0.05) is 11.3 Å². The number of hydrogen-bond donors (Lipinski definition) is 0. The van der Waals surface area contributed by atoms with E-state index in [9.17, 15) is 13.2 Å². The molecular weight excluding hydrogens is 391 g/mol. The Kier molecular flexibility index (Phi) is 5.34. The largest absolute Gasteiger partial charge is 0.489 e. The Morgan fingerprint density at radius 3 is 2.39 bits per heavy atom. The molecule has 0 aliphatic heterocycles. The average Bonchev–Trinajstić information content (AvgIpc) is 2.93. The quantitative estimate of drug-likeness (QED) is 0.566. The summed E-state index contributed by atoms with van der Waals surface area (Å²) in [5.74, 6) is 0.334. The lowest BCUT2D eigenvalue weighted by molar-refractivity contribution is -0.137. The van der Waals surface area contributed by atoms with E-state index in [1.54, 1.807) is 22.9 Å². The van der Waals surface area contributed by atoms with Gasteiger partial charge in [0.1, 0.15) is 18.4 Å². The van der Waals surface area contributed by atoms with Crippen molar-refractivity contribution in [1.29, 1.82) is 5.26 Å². The minimum atomic E-state index is -4.38. The lowest BCUT2D eigenvalue weighted by Crippen LogP contribution is -2.05. The lowest BCUT2D eigenvalue weighted by Gasteiger charge is -2.10. The van der Waals surface area contributed by atoms with Crippen LogP contribution in [0.3, 0.4) is 0 Å². The second-order valence-corrected chi connectivity index (χ2v) is 6.56. The Morgan fingerprint density at radius 2 is 1.82 bits per heavy atom. The molecule has 0 unspecified atom stereocenters. The van der Waals surface area contributed by atoms with Gasteiger partial charge in [-0.1, -0.05) is 11.6 Å². The fourth-order valence-electron chi connectivity index (χ4n) is 2.76. The van der Waals surface area contributed by atoms with Gasteiger partial charge in [0.2, 0.25) is 0 Å². The first-order valence-electron chi connectivity index (χ1n) is 8.26. The van der Waals surface area contributed by atoms with Gasteiger partial charge in [-0.2, -0.15) is 23.5 Å². The predicted molar refractivity (Wildman–Crippen MR) is 98.5 cm³/mol. The first-order valence-corrected chi connectivity index (χ1v) is 8.63. The number of nitrogens with zero attached hydrogens (tertiary/aromatic N) is 3. The van der Waals surface area contributed by atoms with E-state index in [0.29, 0.717) is 22.0 Å². The van der Waals surface area contributed by atoms with Crippen molar-refractivity contribution in [2.24, 2.45) is 0 Å². The number of ether oxygens (including phenoxy) is 1. The molecule has 144 valence electrons. The minimum absolute atomic E-state index is 0.160. The minimum Gasteiger partial charge on any atom is -0.489 e. The van der Waals surface area contributed by atoms with Crippen LogP contribution in [0.2, 0.25) is 5.02 Å². The van der Waals surface area contributed by atoms with Gasteiger partial charge in [-0.3, -0.25) is 0 Å². The summed E-state index contributed by atoms with van der Waals surface area (Å²) >= 11 is 6.10. The lowest BCUT2D eigenvalue weighted by atomic mass is 10.2. The first-order chi connectivity index (χ1) is 13.2. The maximum atomic E-state index is 12.6. The Hall–Kier alpha value is -2.98. The van der Waals surface area contributed by atoms with Crippen LogP contribution in [-0.4, -0.2) is 9.78 Å². The number of rotatable bonds is 4. The maximum absolute atomic E-state index is 12.6. The van der Waals surface area contributed by atoms with Crippen LogP contribution in [0.4, 0.5) is 13.2 Å². The third-order valence-corrected chi connectivity index (χ3v) is 4.64. The number of nitriles is 1. The molecule has 0 spiro atoms. The van der Waals surface area contributed by atoms with Crippen LogP contribution in [0.1, 0.15) is 28.1 Å². The topological polar surface area (TPSA) is 50.8 Å². The molecule has 0 bridgehead atoms. The summed E-state index contributed by atoms with van der Waals surface area (Å²) in [6.07, 6.45) is -4.38. The summed E-state index contributed by atoms with van der Waals surface area (Å²) in [6.45, 7) is 3.84. The third kappa shape index (κ3) is 3.97. The molecule has 28 heavy (non-hydrogen) atoms. The number of alkyl halides is 3. The summed E-state index contributed by atoms with van der Waals surface area (Å²) in [5.41, 5.74) is 2.70. The highest BCUT2D eigenvalue weighted by Crippen LogP contribution is 2.30. The molecule has 0 N–H and O–H groups in total. The van der Waals surface area contributed by atoms with E-state index >= 15 is 0 Å². The number of hydrogen-bond acceptors (Lipinski definition) is 3. The molecule has 8 heteroatoms. The molecule has 0 aliphatic carbocycles. The normalized spacial score (nSPS) is 11.3. The zero-order valence-corrected chi connectivity index (χ0v) is 15.8. The van der Waals surface area contributed by atoms with E-state index < -0.39 is 11.7 Å². The number of benzene rings is 2. The zero-order valence-electron chi connectivity index (χ0n) is 15.0. The van der Waals surface area contributed by atoms with Gasteiger partial charge in [-0.05, 0) is 56.3 Å². The summed E-state index contributed by atoms with van der Waals surface area (Å²) in [5, 5.41) is 13.8. The summed E-state index contributed by atoms with van der Waals surface area (Å²) in [7, 11) is 0. The van der Waals surface area contributed by atoms with Crippen LogP contribution >= 0.6 is 11.6 Å². The number of aryl methyl sites for hydroxylation is 1. The smallest absolute Gasteiger partial charge is 0.416 e. The Bertz CT molecular complexity index is 1050. The van der Waals surface area contributed by atoms with E-state index in [1.807, 2.05) is 19.9 Å². The van der Waals surface area contributed by atoms with Crippen molar-refractivity contribution in [3.05, 3.63) is 75.6 Å². The van der Waals surface area contributed by atoms with Gasteiger partial charge >= 0.3 is 6.18 Å². The van der Waals surface area contributed by atoms with E-state index in [0.717, 1.165) is 29.1 Å². The van der Waals surface area contributed by atoms with Crippen LogP contribution in [0.5, 0.6) is 5.75 Å². The van der Waals surface area contributed by atoms with E-state index in [4.69, 9.17) is 21.6 Å². The van der Waals surface area contributed by atoms with Crippen molar-refractivity contribution >= 4 is 11.6 Å². The Morgan fingerprint density at radius 1 is 1.14 bits per heavy atom. The SMILES string of the molecule is Cc1nn(-c2ccc(C#N)c(Cl)c2)c(C)c1COc1ccc(C(F)(F)F)cc1. The van der Waals surface area contributed by atoms with Crippen molar-refractivity contribution < 1.29 is 17.9 Å². The molecule has 3 rings (SSSR count). The molecule has 3 aromatic rings. The van der Waals surface area contributed by atoms with Crippen molar-refractivity contribution in [3.8, 4) is 17.5 Å². The zero-order chi connectivity index (χ0) is 20.5. The third-order valence-electron chi connectivity index (χ3n) is 4.32. The molecule has 0 atom stereocenters. The maximum Gasteiger partial charge on any atom is 0.416 e. The van der Waals surface area contributed by atoms with Crippen molar-refractivity contribution in [1.82, 2.24) is 9.78 Å². The molecule has 4 nitrogen and oxygen atoms in total. The molecule has 0 saturated heterocycles. The average molecular weight is 406 g/mol. The van der Waals surface area contributed by atoms with Gasteiger partial charge in [0.15, 0.2) is 0 Å². The molecule has 0 amide bonds. The van der Waals surface area contributed by atoms with Gasteiger partial charge in [-0.15, -0.1) is 0 Å². The van der Waals surface area contributed by atoms with Crippen LogP contribution in [-0.2, 0) is 12.8 Å². The standard InChI is InChI=1S/C20H15ClF3N3O/c1-12-18(11-28-17-7-4-15(5-8-17)20(22,23)24)13(2)27(26-12)16-6-3-14(10-25)19(21)9-16/h3-9H,11H2,1-2H3. The number of halogens is 4. The van der Waals surface area contributed by atoms with Crippen LogP contribution in [0.25, 0.3) is 5.69 Å². The predicted octanol–water partition coefficient (Wildman–Crippen LogP) is 5.61. The van der Waals surface area contributed by atoms with Crippen LogP contribution in [0.15, 0.2) is 42.5 Å². The van der Waals surface area contributed by atoms with E-state index in [1.165, 1.54) is 12.1 Å². The van der Waals surface area contributed by atoms with E-state index in [2.05, 4.69) is 5.10 Å². The second-order valence-electron chi connectivity index (χ2n) is 6.15. The van der Waals surface area contributed by atoms with Crippen LogP contribution < -0.4 is 4.74 Å². The monoisotopic (exact) mass is 405 g/mol. The molecule has 1 heterocycles. The Labute approximate surface area is 164 Å². The fraction of sp³-hybridized carbons (Fsp3) is 0.200. The molecule has 1 aromatic heterocycles. The molecule has 0 aliphatic rings. The Balaban J connectivity index is 1.81. The highest BCUT2D eigenvalue weighted by Gasteiger charge is 2.30. The molecular formula is C20H15ClF3N3O. The highest BCUT2D eigenvalue weighted by atomic mass is 35.5. The van der Waals surface area contributed by atoms with E-state index in [-0.39, 0.29) is 6.61 Å². The van der Waals surface area contributed by atoms with Gasteiger partial charge in [0.05, 0.1) is 27.5 Å². The summed E-state index contributed by atoms with van der Waals surface area (Å²) in [6, 6.07) is 11.6. The molecule has 0 radical (unpaired) electrons. The molecule has 0 fully saturated rings. The highest BCUT2D eigenvalue weighted by molar-refractivity contribution is 6.31. The fourth-order valence-corrected chi connectivity index (χ4v) is 2.97. The van der Waals surface area contributed by atoms with Crippen molar-refractivity contribution in [2.75, 3.05) is 0 Å². The number of aromatic nitrogens is 2. The second kappa shape index (κ2) is 7.56.